The largest absolute Gasteiger partial charge is 0.232 e. The molecule has 0 saturated carbocycles. The van der Waals surface area contributed by atoms with Crippen molar-refractivity contribution in [3.63, 3.8) is 0 Å². The van der Waals surface area contributed by atoms with Gasteiger partial charge in [-0.15, -0.1) is 0 Å². The zero-order valence-electron chi connectivity index (χ0n) is 7.41. The zero-order chi connectivity index (χ0) is 8.81. The number of alkyl halides is 1. The van der Waals surface area contributed by atoms with Gasteiger partial charge in [-0.1, -0.05) is 19.4 Å². The Bertz CT molecular complexity index is 210. The Hall–Kier alpha value is -0.560. The van der Waals surface area contributed by atoms with Crippen LogP contribution in [-0.2, 0) is 0 Å². The molecule has 1 rings (SSSR count). The molecule has 1 aromatic rings. The van der Waals surface area contributed by atoms with E-state index >= 15 is 0 Å². The molecule has 0 aliphatic heterocycles. The number of nitrogens with zero attached hydrogens (tertiary/aromatic N) is 1. The number of halogens is 1. The Morgan fingerprint density at radius 1 is 1.25 bits per heavy atom. The van der Waals surface area contributed by atoms with Crippen LogP contribution in [-0.4, -0.2) is 0 Å². The molecule has 0 bridgehead atoms. The van der Waals surface area contributed by atoms with Gasteiger partial charge in [0.25, 0.3) is 0 Å². The van der Waals surface area contributed by atoms with Gasteiger partial charge in [-0.05, 0) is 18.0 Å². The first-order chi connectivity index (χ1) is 5.84. The van der Waals surface area contributed by atoms with Gasteiger partial charge in [0.15, 0.2) is 12.4 Å². The lowest BCUT2D eigenvalue weighted by molar-refractivity contribution is -0.703. The third-order valence-electron chi connectivity index (χ3n) is 1.86. The highest BCUT2D eigenvalue weighted by molar-refractivity contribution is 6.17. The molecule has 0 aromatic carbocycles. The molecule has 1 nitrogen and oxygen atoms in total. The molecule has 0 N–H and O–H groups in total. The predicted molar refractivity (Wildman–Crippen MR) is 51.1 cm³/mol. The van der Waals surface area contributed by atoms with E-state index in [9.17, 15) is 0 Å². The molecule has 1 heterocycles. The maximum atomic E-state index is 6.15. The second-order valence-corrected chi connectivity index (χ2v) is 3.40. The summed E-state index contributed by atoms with van der Waals surface area (Å²) in [5.74, 6) is 0. The van der Waals surface area contributed by atoms with Gasteiger partial charge in [0.2, 0.25) is 5.50 Å². The van der Waals surface area contributed by atoms with E-state index in [-0.39, 0.29) is 5.50 Å². The SMILES string of the molecule is CCCCC(Cl)[n+]1ccccc1. The van der Waals surface area contributed by atoms with Crippen LogP contribution in [0.4, 0.5) is 0 Å². The quantitative estimate of drug-likeness (QED) is 0.501. The lowest BCUT2D eigenvalue weighted by Gasteiger charge is -2.02. The Morgan fingerprint density at radius 3 is 2.50 bits per heavy atom. The number of hydrogen-bond acceptors (Lipinski definition) is 0. The van der Waals surface area contributed by atoms with E-state index in [1.165, 1.54) is 12.8 Å². The van der Waals surface area contributed by atoms with Crippen molar-refractivity contribution in [1.82, 2.24) is 0 Å². The summed E-state index contributed by atoms with van der Waals surface area (Å²) in [6, 6.07) is 6.00. The average molecular weight is 185 g/mol. The molecule has 0 fully saturated rings. The van der Waals surface area contributed by atoms with Crippen molar-refractivity contribution in [3.8, 4) is 0 Å². The number of rotatable bonds is 4. The van der Waals surface area contributed by atoms with E-state index in [1.54, 1.807) is 0 Å². The van der Waals surface area contributed by atoms with Gasteiger partial charge in [-0.3, -0.25) is 0 Å². The van der Waals surface area contributed by atoms with Crippen molar-refractivity contribution >= 4 is 11.6 Å². The molecule has 1 atom stereocenters. The van der Waals surface area contributed by atoms with E-state index in [0.717, 1.165) is 6.42 Å². The third-order valence-corrected chi connectivity index (χ3v) is 2.30. The smallest absolute Gasteiger partial charge is 0.188 e. The van der Waals surface area contributed by atoms with Crippen molar-refractivity contribution in [2.45, 2.75) is 31.7 Å². The molecule has 0 radical (unpaired) electrons. The molecule has 0 spiro atoms. The van der Waals surface area contributed by atoms with Gasteiger partial charge < -0.3 is 0 Å². The highest BCUT2D eigenvalue weighted by atomic mass is 35.5. The number of aromatic nitrogens is 1. The second kappa shape index (κ2) is 5.15. The van der Waals surface area contributed by atoms with Crippen LogP contribution in [0.2, 0.25) is 0 Å². The van der Waals surface area contributed by atoms with E-state index in [4.69, 9.17) is 11.6 Å². The summed E-state index contributed by atoms with van der Waals surface area (Å²) in [7, 11) is 0. The maximum Gasteiger partial charge on any atom is 0.232 e. The van der Waals surface area contributed by atoms with E-state index in [0.29, 0.717) is 0 Å². The molecular weight excluding hydrogens is 170 g/mol. The molecule has 0 aliphatic rings. The van der Waals surface area contributed by atoms with E-state index in [2.05, 4.69) is 6.92 Å². The first-order valence-electron chi connectivity index (χ1n) is 4.44. The van der Waals surface area contributed by atoms with Crippen LogP contribution >= 0.6 is 11.6 Å². The van der Waals surface area contributed by atoms with Gasteiger partial charge in [-0.2, -0.15) is 4.57 Å². The van der Waals surface area contributed by atoms with Crippen LogP contribution < -0.4 is 4.57 Å². The topological polar surface area (TPSA) is 3.88 Å². The van der Waals surface area contributed by atoms with Gasteiger partial charge in [0.1, 0.15) is 0 Å². The van der Waals surface area contributed by atoms with E-state index in [1.807, 2.05) is 35.2 Å². The molecule has 2 heteroatoms. The first kappa shape index (κ1) is 9.53. The normalized spacial score (nSPS) is 12.8. The molecule has 12 heavy (non-hydrogen) atoms. The van der Waals surface area contributed by atoms with Crippen molar-refractivity contribution in [1.29, 1.82) is 0 Å². The minimum atomic E-state index is 0.117. The molecule has 1 aromatic heterocycles. The molecule has 0 saturated heterocycles. The molecule has 0 amide bonds. The number of hydrogen-bond donors (Lipinski definition) is 0. The summed E-state index contributed by atoms with van der Waals surface area (Å²) < 4.78 is 2.04. The molecular formula is C10H15ClN+. The van der Waals surface area contributed by atoms with Crippen LogP contribution in [0.25, 0.3) is 0 Å². The lowest BCUT2D eigenvalue weighted by Crippen LogP contribution is -2.35. The molecule has 0 aliphatic carbocycles. The fourth-order valence-electron chi connectivity index (χ4n) is 1.12. The summed E-state index contributed by atoms with van der Waals surface area (Å²) in [6.45, 7) is 2.18. The zero-order valence-corrected chi connectivity index (χ0v) is 8.17. The van der Waals surface area contributed by atoms with Crippen LogP contribution in [0.3, 0.4) is 0 Å². The fourth-order valence-corrected chi connectivity index (χ4v) is 1.40. The summed E-state index contributed by atoms with van der Waals surface area (Å²) in [5, 5.41) is 0. The summed E-state index contributed by atoms with van der Waals surface area (Å²) in [5.41, 5.74) is 0.117. The van der Waals surface area contributed by atoms with Crippen LogP contribution in [0.1, 0.15) is 31.7 Å². The maximum absolute atomic E-state index is 6.15. The van der Waals surface area contributed by atoms with Gasteiger partial charge in [0.05, 0.1) is 0 Å². The molecule has 1 unspecified atom stereocenters. The van der Waals surface area contributed by atoms with Crippen molar-refractivity contribution < 1.29 is 4.57 Å². The van der Waals surface area contributed by atoms with Gasteiger partial charge in [-0.25, -0.2) is 0 Å². The van der Waals surface area contributed by atoms with Crippen molar-refractivity contribution in [2.24, 2.45) is 0 Å². The van der Waals surface area contributed by atoms with Crippen molar-refractivity contribution in [2.75, 3.05) is 0 Å². The van der Waals surface area contributed by atoms with Gasteiger partial charge in [0, 0.05) is 18.6 Å². The van der Waals surface area contributed by atoms with Gasteiger partial charge >= 0.3 is 0 Å². The Labute approximate surface area is 79.0 Å². The van der Waals surface area contributed by atoms with Crippen LogP contribution in [0, 0.1) is 0 Å². The predicted octanol–water partition coefficient (Wildman–Crippen LogP) is 2.90. The Morgan fingerprint density at radius 2 is 1.92 bits per heavy atom. The average Bonchev–Trinajstić information content (AvgIpc) is 2.15. The Balaban J connectivity index is 2.48. The standard InChI is InChI=1S/C10H15ClN/c1-2-3-7-10(11)12-8-5-4-6-9-12/h4-6,8-10H,2-3,7H2,1H3/q+1. The summed E-state index contributed by atoms with van der Waals surface area (Å²) in [6.07, 6.45) is 7.46. The van der Waals surface area contributed by atoms with Crippen LogP contribution in [0.15, 0.2) is 30.6 Å². The minimum absolute atomic E-state index is 0.117. The second-order valence-electron chi connectivity index (χ2n) is 2.90. The fraction of sp³-hybridized carbons (Fsp3) is 0.500. The Kier molecular flexibility index (Phi) is 4.09. The minimum Gasteiger partial charge on any atom is -0.188 e. The first-order valence-corrected chi connectivity index (χ1v) is 4.88. The highest BCUT2D eigenvalue weighted by Gasteiger charge is 2.11. The van der Waals surface area contributed by atoms with Crippen LogP contribution in [0.5, 0.6) is 0 Å². The molecule has 66 valence electrons. The number of pyridine rings is 1. The highest BCUT2D eigenvalue weighted by Crippen LogP contribution is 2.11. The third kappa shape index (κ3) is 2.82. The monoisotopic (exact) mass is 184 g/mol. The lowest BCUT2D eigenvalue weighted by atomic mass is 10.2. The summed E-state index contributed by atoms with van der Waals surface area (Å²) in [4.78, 5) is 0. The van der Waals surface area contributed by atoms with E-state index < -0.39 is 0 Å². The number of unbranched alkanes of at least 4 members (excludes halogenated alkanes) is 1. The van der Waals surface area contributed by atoms with Crippen molar-refractivity contribution in [3.05, 3.63) is 30.6 Å². The summed E-state index contributed by atoms with van der Waals surface area (Å²) >= 11 is 6.15.